The van der Waals surface area contributed by atoms with Crippen LogP contribution in [-0.4, -0.2) is 73.7 Å². The maximum Gasteiger partial charge on any atom is 0.322 e. The molecule has 0 aliphatic carbocycles. The van der Waals surface area contributed by atoms with Gasteiger partial charge in [0.15, 0.2) is 0 Å². The Hall–Kier alpha value is -1.93. The van der Waals surface area contributed by atoms with Crippen molar-refractivity contribution < 1.29 is 24.2 Å². The first kappa shape index (κ1) is 16.1. The number of carboxylic acid groups (broad SMARTS) is 1. The molecule has 1 heterocycles. The van der Waals surface area contributed by atoms with Gasteiger partial charge in [-0.2, -0.15) is 0 Å². The lowest BCUT2D eigenvalue weighted by atomic mass is 10.4. The second-order valence-corrected chi connectivity index (χ2v) is 4.19. The second kappa shape index (κ2) is 9.05. The Balaban J connectivity index is 2.12. The minimum Gasteiger partial charge on any atom is -0.480 e. The molecule has 0 aromatic heterocycles. The van der Waals surface area contributed by atoms with Gasteiger partial charge in [-0.3, -0.25) is 19.3 Å². The van der Waals surface area contributed by atoms with Crippen molar-refractivity contribution >= 4 is 17.8 Å². The van der Waals surface area contributed by atoms with Gasteiger partial charge in [-0.05, 0) is 0 Å². The summed E-state index contributed by atoms with van der Waals surface area (Å²) >= 11 is 0. The highest BCUT2D eigenvalue weighted by molar-refractivity contribution is 5.97. The van der Waals surface area contributed by atoms with Crippen LogP contribution in [0.5, 0.6) is 0 Å². The molecule has 1 saturated heterocycles. The Morgan fingerprint density at radius 3 is 2.30 bits per heavy atom. The zero-order valence-corrected chi connectivity index (χ0v) is 11.1. The molecule has 0 aromatic rings. The largest absolute Gasteiger partial charge is 0.480 e. The minimum atomic E-state index is -1.14. The third-order valence-corrected chi connectivity index (χ3v) is 2.63. The third kappa shape index (κ3) is 7.49. The second-order valence-electron chi connectivity index (χ2n) is 4.19. The number of nitrogens with one attached hydrogen (secondary N) is 2. The van der Waals surface area contributed by atoms with Crippen molar-refractivity contribution in [2.45, 2.75) is 0 Å². The molecule has 0 saturated carbocycles. The topological polar surface area (TPSA) is 108 Å². The number of aliphatic carboxylic acids is 1. The van der Waals surface area contributed by atoms with Crippen LogP contribution in [0.15, 0.2) is 12.2 Å². The number of carbonyl (C=O) groups excluding carboxylic acids is 2. The number of morpholine rings is 1. The Labute approximate surface area is 116 Å². The fraction of sp³-hybridized carbons (Fsp3) is 0.583. The van der Waals surface area contributed by atoms with Crippen molar-refractivity contribution in [3.8, 4) is 0 Å². The van der Waals surface area contributed by atoms with Crippen LogP contribution in [0.3, 0.4) is 0 Å². The molecule has 1 aliphatic rings. The van der Waals surface area contributed by atoms with Gasteiger partial charge in [0, 0.05) is 38.3 Å². The highest BCUT2D eigenvalue weighted by Gasteiger charge is 2.09. The first-order valence-electron chi connectivity index (χ1n) is 6.33. The van der Waals surface area contributed by atoms with Crippen LogP contribution in [-0.2, 0) is 19.1 Å². The van der Waals surface area contributed by atoms with Crippen LogP contribution in [0.4, 0.5) is 0 Å². The monoisotopic (exact) mass is 285 g/mol. The first-order chi connectivity index (χ1) is 9.58. The number of hydrogen-bond acceptors (Lipinski definition) is 5. The van der Waals surface area contributed by atoms with Gasteiger partial charge < -0.3 is 20.5 Å². The number of ether oxygens (including phenoxy) is 1. The maximum absolute atomic E-state index is 11.4. The Morgan fingerprint density at radius 1 is 1.10 bits per heavy atom. The third-order valence-electron chi connectivity index (χ3n) is 2.63. The molecule has 3 N–H and O–H groups in total. The lowest BCUT2D eigenvalue weighted by molar-refractivity contribution is -0.137. The first-order valence-corrected chi connectivity index (χ1v) is 6.33. The molecule has 1 aliphatic heterocycles. The molecule has 0 radical (unpaired) electrons. The van der Waals surface area contributed by atoms with Crippen LogP contribution in [0.2, 0.25) is 0 Å². The van der Waals surface area contributed by atoms with E-state index < -0.39 is 18.4 Å². The summed E-state index contributed by atoms with van der Waals surface area (Å²) in [4.78, 5) is 34.9. The standard InChI is InChI=1S/C12H19N3O5/c16-10(1-2-11(17)14-9-12(18)19)13-3-4-15-5-7-20-8-6-15/h1-2H,3-9H2,(H,13,16)(H,14,17)(H,18,19)/b2-1+. The summed E-state index contributed by atoms with van der Waals surface area (Å²) in [5.41, 5.74) is 0. The van der Waals surface area contributed by atoms with E-state index in [0.29, 0.717) is 19.8 Å². The van der Waals surface area contributed by atoms with E-state index in [4.69, 9.17) is 9.84 Å². The SMILES string of the molecule is O=C(O)CNC(=O)/C=C/C(=O)NCCN1CCOCC1. The summed E-state index contributed by atoms with van der Waals surface area (Å²) in [6.07, 6.45) is 2.09. The van der Waals surface area contributed by atoms with Crippen LogP contribution in [0, 0.1) is 0 Å². The molecular formula is C12H19N3O5. The van der Waals surface area contributed by atoms with Gasteiger partial charge >= 0.3 is 5.97 Å². The molecule has 0 atom stereocenters. The van der Waals surface area contributed by atoms with Crippen molar-refractivity contribution in [1.29, 1.82) is 0 Å². The number of carboxylic acids is 1. The van der Waals surface area contributed by atoms with E-state index in [1.54, 1.807) is 0 Å². The van der Waals surface area contributed by atoms with Crippen molar-refractivity contribution in [3.05, 3.63) is 12.2 Å². The summed E-state index contributed by atoms with van der Waals surface area (Å²) in [6.45, 7) is 3.86. The summed E-state index contributed by atoms with van der Waals surface area (Å²) < 4.78 is 5.21. The Bertz CT molecular complexity index is 377. The number of amides is 2. The number of nitrogens with zero attached hydrogens (tertiary/aromatic N) is 1. The van der Waals surface area contributed by atoms with E-state index in [1.807, 2.05) is 0 Å². The van der Waals surface area contributed by atoms with Gasteiger partial charge in [-0.1, -0.05) is 0 Å². The van der Waals surface area contributed by atoms with Crippen molar-refractivity contribution in [2.24, 2.45) is 0 Å². The molecule has 8 nitrogen and oxygen atoms in total. The summed E-state index contributed by atoms with van der Waals surface area (Å²) in [5.74, 6) is -2.14. The van der Waals surface area contributed by atoms with Crippen LogP contribution in [0.25, 0.3) is 0 Å². The molecule has 20 heavy (non-hydrogen) atoms. The molecule has 0 spiro atoms. The Kier molecular flexibility index (Phi) is 7.30. The van der Waals surface area contributed by atoms with Crippen molar-refractivity contribution in [2.75, 3.05) is 45.9 Å². The number of rotatable bonds is 7. The van der Waals surface area contributed by atoms with E-state index in [0.717, 1.165) is 31.8 Å². The van der Waals surface area contributed by atoms with E-state index in [9.17, 15) is 14.4 Å². The highest BCUT2D eigenvalue weighted by Crippen LogP contribution is 1.94. The van der Waals surface area contributed by atoms with Gasteiger partial charge in [0.2, 0.25) is 11.8 Å². The van der Waals surface area contributed by atoms with E-state index in [2.05, 4.69) is 15.5 Å². The zero-order valence-electron chi connectivity index (χ0n) is 11.1. The van der Waals surface area contributed by atoms with Crippen LogP contribution < -0.4 is 10.6 Å². The molecular weight excluding hydrogens is 266 g/mol. The molecule has 112 valence electrons. The molecule has 0 unspecified atom stereocenters. The fourth-order valence-electron chi connectivity index (χ4n) is 1.59. The fourth-order valence-corrected chi connectivity index (χ4v) is 1.59. The molecule has 0 bridgehead atoms. The van der Waals surface area contributed by atoms with Gasteiger partial charge in [-0.15, -0.1) is 0 Å². The van der Waals surface area contributed by atoms with E-state index >= 15 is 0 Å². The number of hydrogen-bond donors (Lipinski definition) is 3. The van der Waals surface area contributed by atoms with Gasteiger partial charge in [0.05, 0.1) is 13.2 Å². The number of carbonyl (C=O) groups is 3. The zero-order chi connectivity index (χ0) is 14.8. The highest BCUT2D eigenvalue weighted by atomic mass is 16.5. The molecule has 0 aromatic carbocycles. The lowest BCUT2D eigenvalue weighted by Gasteiger charge is -2.26. The normalized spacial score (nSPS) is 16.0. The average molecular weight is 285 g/mol. The molecule has 1 rings (SSSR count). The van der Waals surface area contributed by atoms with Crippen molar-refractivity contribution in [1.82, 2.24) is 15.5 Å². The van der Waals surface area contributed by atoms with Crippen molar-refractivity contribution in [3.63, 3.8) is 0 Å². The minimum absolute atomic E-state index is 0.385. The van der Waals surface area contributed by atoms with Gasteiger partial charge in [0.1, 0.15) is 6.54 Å². The van der Waals surface area contributed by atoms with Gasteiger partial charge in [-0.25, -0.2) is 0 Å². The summed E-state index contributed by atoms with van der Waals surface area (Å²) in [6, 6.07) is 0. The van der Waals surface area contributed by atoms with Gasteiger partial charge in [0.25, 0.3) is 0 Å². The predicted octanol–water partition coefficient (Wildman–Crippen LogP) is -1.81. The van der Waals surface area contributed by atoms with E-state index in [-0.39, 0.29) is 5.91 Å². The van der Waals surface area contributed by atoms with Crippen LogP contribution >= 0.6 is 0 Å². The predicted molar refractivity (Wildman–Crippen MR) is 70.1 cm³/mol. The smallest absolute Gasteiger partial charge is 0.322 e. The molecule has 2 amide bonds. The Morgan fingerprint density at radius 2 is 1.70 bits per heavy atom. The molecule has 8 heteroatoms. The maximum atomic E-state index is 11.4. The van der Waals surface area contributed by atoms with E-state index in [1.165, 1.54) is 0 Å². The molecule has 1 fully saturated rings. The summed E-state index contributed by atoms with van der Waals surface area (Å²) in [5, 5.41) is 13.1. The average Bonchev–Trinajstić information content (AvgIpc) is 2.44. The van der Waals surface area contributed by atoms with Crippen LogP contribution in [0.1, 0.15) is 0 Å². The quantitative estimate of drug-likeness (QED) is 0.476. The summed E-state index contributed by atoms with van der Waals surface area (Å²) in [7, 11) is 0. The lowest BCUT2D eigenvalue weighted by Crippen LogP contribution is -2.41.